The van der Waals surface area contributed by atoms with E-state index in [4.69, 9.17) is 10.00 Å². The highest BCUT2D eigenvalue weighted by Crippen LogP contribution is 2.37. The Morgan fingerprint density at radius 2 is 1.95 bits per heavy atom. The molecule has 3 rings (SSSR count). The Balaban J connectivity index is 2.00. The first kappa shape index (κ1) is 14.9. The Morgan fingerprint density at radius 1 is 1.36 bits per heavy atom. The van der Waals surface area contributed by atoms with Crippen molar-refractivity contribution in [2.24, 2.45) is 0 Å². The minimum absolute atomic E-state index is 0.0912. The molecule has 1 unspecified atom stereocenters. The second kappa shape index (κ2) is 5.30. The normalized spacial score (nSPS) is 23.8. The fourth-order valence-electron chi connectivity index (χ4n) is 3.13. The van der Waals surface area contributed by atoms with E-state index in [0.717, 1.165) is 12.1 Å². The van der Waals surface area contributed by atoms with E-state index in [1.165, 1.54) is 11.9 Å². The molecule has 1 atom stereocenters. The number of benzene rings is 1. The second-order valence-corrected chi connectivity index (χ2v) is 5.62. The van der Waals surface area contributed by atoms with Gasteiger partial charge < -0.3 is 9.64 Å². The Hall–Kier alpha value is -2.04. The monoisotopic (exact) mass is 307 g/mol. The van der Waals surface area contributed by atoms with Crippen LogP contribution in [0.25, 0.3) is 0 Å². The van der Waals surface area contributed by atoms with Gasteiger partial charge in [0.1, 0.15) is 23.3 Å². The molecule has 0 radical (unpaired) electrons. The van der Waals surface area contributed by atoms with Crippen molar-refractivity contribution in [3.05, 3.63) is 34.9 Å². The molecule has 2 fully saturated rings. The number of hydrogen-bond acceptors (Lipinski definition) is 4. The van der Waals surface area contributed by atoms with Gasteiger partial charge in [-0.25, -0.2) is 8.78 Å². The highest BCUT2D eigenvalue weighted by Gasteiger charge is 2.51. The SMILES string of the molecule is CN1C(=O)C2(CCOCC2)NC1c1c(F)cc(C#N)cc1F. The molecule has 2 heterocycles. The molecule has 2 saturated heterocycles. The number of ether oxygens (including phenoxy) is 1. The summed E-state index contributed by atoms with van der Waals surface area (Å²) in [4.78, 5) is 13.8. The van der Waals surface area contributed by atoms with E-state index in [1.807, 2.05) is 0 Å². The summed E-state index contributed by atoms with van der Waals surface area (Å²) < 4.78 is 33.7. The van der Waals surface area contributed by atoms with Crippen molar-refractivity contribution in [2.75, 3.05) is 20.3 Å². The Bertz CT molecular complexity index is 642. The molecule has 1 amide bonds. The maximum atomic E-state index is 14.2. The van der Waals surface area contributed by atoms with Crippen molar-refractivity contribution >= 4 is 5.91 Å². The van der Waals surface area contributed by atoms with Crippen molar-refractivity contribution in [3.8, 4) is 6.07 Å². The lowest BCUT2D eigenvalue weighted by Gasteiger charge is -2.31. The van der Waals surface area contributed by atoms with Gasteiger partial charge in [-0.2, -0.15) is 5.26 Å². The fraction of sp³-hybridized carbons (Fsp3) is 0.467. The van der Waals surface area contributed by atoms with Crippen molar-refractivity contribution in [3.63, 3.8) is 0 Å². The number of hydrogen-bond donors (Lipinski definition) is 1. The number of nitrogens with one attached hydrogen (secondary N) is 1. The molecule has 1 aromatic rings. The lowest BCUT2D eigenvalue weighted by atomic mass is 9.90. The second-order valence-electron chi connectivity index (χ2n) is 5.62. The van der Waals surface area contributed by atoms with Crippen LogP contribution in [-0.2, 0) is 9.53 Å². The van der Waals surface area contributed by atoms with Crippen molar-refractivity contribution in [1.29, 1.82) is 5.26 Å². The summed E-state index contributed by atoms with van der Waals surface area (Å²) in [6.45, 7) is 0.856. The summed E-state index contributed by atoms with van der Waals surface area (Å²) in [5.74, 6) is -1.86. The molecule has 1 N–H and O–H groups in total. The van der Waals surface area contributed by atoms with Crippen LogP contribution in [0.1, 0.15) is 30.1 Å². The number of amides is 1. The molecule has 7 heteroatoms. The van der Waals surface area contributed by atoms with E-state index in [1.54, 1.807) is 6.07 Å². The molecule has 2 aliphatic heterocycles. The number of nitrogens with zero attached hydrogens (tertiary/aromatic N) is 2. The van der Waals surface area contributed by atoms with Gasteiger partial charge in [0, 0.05) is 20.3 Å². The van der Waals surface area contributed by atoms with Crippen LogP contribution in [-0.4, -0.2) is 36.6 Å². The largest absolute Gasteiger partial charge is 0.381 e. The number of likely N-dealkylation sites (N-methyl/N-ethyl adjacent to an activating group) is 1. The molecular weight excluding hydrogens is 292 g/mol. The Labute approximate surface area is 126 Å². The average molecular weight is 307 g/mol. The molecule has 0 bridgehead atoms. The molecule has 1 spiro atoms. The number of nitriles is 1. The highest BCUT2D eigenvalue weighted by atomic mass is 19.1. The minimum atomic E-state index is -0.890. The number of halogens is 2. The van der Waals surface area contributed by atoms with Crippen LogP contribution in [0.5, 0.6) is 0 Å². The van der Waals surface area contributed by atoms with Crippen LogP contribution < -0.4 is 5.32 Å². The number of rotatable bonds is 1. The zero-order valence-corrected chi connectivity index (χ0v) is 12.0. The fourth-order valence-corrected chi connectivity index (χ4v) is 3.13. The average Bonchev–Trinajstić information content (AvgIpc) is 2.73. The lowest BCUT2D eigenvalue weighted by molar-refractivity contribution is -0.135. The quantitative estimate of drug-likeness (QED) is 0.853. The van der Waals surface area contributed by atoms with E-state index in [9.17, 15) is 13.6 Å². The van der Waals surface area contributed by atoms with Crippen molar-refractivity contribution in [1.82, 2.24) is 10.2 Å². The molecule has 22 heavy (non-hydrogen) atoms. The Kier molecular flexibility index (Phi) is 3.59. The van der Waals surface area contributed by atoms with E-state index in [2.05, 4.69) is 5.32 Å². The minimum Gasteiger partial charge on any atom is -0.381 e. The lowest BCUT2D eigenvalue weighted by Crippen LogP contribution is -2.50. The summed E-state index contributed by atoms with van der Waals surface area (Å²) in [7, 11) is 1.52. The van der Waals surface area contributed by atoms with E-state index in [0.29, 0.717) is 26.1 Å². The van der Waals surface area contributed by atoms with Crippen LogP contribution >= 0.6 is 0 Å². The smallest absolute Gasteiger partial charge is 0.244 e. The van der Waals surface area contributed by atoms with Gasteiger partial charge in [0.15, 0.2) is 0 Å². The predicted octanol–water partition coefficient (Wildman–Crippen LogP) is 1.45. The molecular formula is C15H15F2N3O2. The van der Waals surface area contributed by atoms with Gasteiger partial charge in [-0.15, -0.1) is 0 Å². The zero-order valence-electron chi connectivity index (χ0n) is 12.0. The van der Waals surface area contributed by atoms with Gasteiger partial charge in [0.25, 0.3) is 0 Å². The van der Waals surface area contributed by atoms with Crippen LogP contribution in [0.15, 0.2) is 12.1 Å². The third-order valence-corrected chi connectivity index (χ3v) is 4.36. The standard InChI is InChI=1S/C15H15F2N3O2/c1-20-13(12-10(16)6-9(8-18)7-11(12)17)19-15(14(20)21)2-4-22-5-3-15/h6-7,13,19H,2-5H2,1H3. The molecule has 0 aromatic heterocycles. The summed E-state index contributed by atoms with van der Waals surface area (Å²) >= 11 is 0. The van der Waals surface area contributed by atoms with E-state index >= 15 is 0 Å². The first-order valence-corrected chi connectivity index (χ1v) is 7.00. The summed E-state index contributed by atoms with van der Waals surface area (Å²) in [5, 5.41) is 11.8. The number of carbonyl (C=O) groups is 1. The Morgan fingerprint density at radius 3 is 2.50 bits per heavy atom. The van der Waals surface area contributed by atoms with Gasteiger partial charge in [0.2, 0.25) is 5.91 Å². The first-order chi connectivity index (χ1) is 10.5. The summed E-state index contributed by atoms with van der Waals surface area (Å²) in [5.41, 5.74) is -1.16. The molecule has 116 valence electrons. The van der Waals surface area contributed by atoms with Crippen molar-refractivity contribution in [2.45, 2.75) is 24.5 Å². The van der Waals surface area contributed by atoms with Crippen LogP contribution in [0.3, 0.4) is 0 Å². The van der Waals surface area contributed by atoms with Crippen LogP contribution in [0.4, 0.5) is 8.78 Å². The topological polar surface area (TPSA) is 65.4 Å². The molecule has 0 saturated carbocycles. The summed E-state index contributed by atoms with van der Waals surface area (Å²) in [6, 6.07) is 3.66. The van der Waals surface area contributed by atoms with Crippen LogP contribution in [0, 0.1) is 23.0 Å². The maximum Gasteiger partial charge on any atom is 0.244 e. The van der Waals surface area contributed by atoms with Gasteiger partial charge in [-0.1, -0.05) is 0 Å². The van der Waals surface area contributed by atoms with Crippen molar-refractivity contribution < 1.29 is 18.3 Å². The molecule has 1 aromatic carbocycles. The highest BCUT2D eigenvalue weighted by molar-refractivity contribution is 5.89. The zero-order chi connectivity index (χ0) is 15.9. The van der Waals surface area contributed by atoms with Gasteiger partial charge in [-0.05, 0) is 25.0 Å². The predicted molar refractivity (Wildman–Crippen MR) is 72.5 cm³/mol. The van der Waals surface area contributed by atoms with Crippen LogP contribution in [0.2, 0.25) is 0 Å². The maximum absolute atomic E-state index is 14.2. The summed E-state index contributed by atoms with van der Waals surface area (Å²) in [6.07, 6.45) is 0.0385. The van der Waals surface area contributed by atoms with Gasteiger partial charge in [-0.3, -0.25) is 10.1 Å². The van der Waals surface area contributed by atoms with Gasteiger partial charge >= 0.3 is 0 Å². The van der Waals surface area contributed by atoms with E-state index in [-0.39, 0.29) is 17.0 Å². The van der Waals surface area contributed by atoms with Gasteiger partial charge in [0.05, 0.1) is 17.2 Å². The third kappa shape index (κ3) is 2.16. The number of carbonyl (C=O) groups excluding carboxylic acids is 1. The third-order valence-electron chi connectivity index (χ3n) is 4.36. The molecule has 0 aliphatic carbocycles. The first-order valence-electron chi connectivity index (χ1n) is 7.00. The van der Waals surface area contributed by atoms with E-state index < -0.39 is 23.3 Å². The molecule has 5 nitrogen and oxygen atoms in total. The molecule has 2 aliphatic rings.